The second-order valence-corrected chi connectivity index (χ2v) is 5.31. The van der Waals surface area contributed by atoms with E-state index in [1.165, 1.54) is 0 Å². The number of ether oxygens (including phenoxy) is 2. The van der Waals surface area contributed by atoms with Gasteiger partial charge in [0.05, 0.1) is 23.5 Å². The predicted molar refractivity (Wildman–Crippen MR) is 90.7 cm³/mol. The molecule has 1 aliphatic rings. The molecule has 0 spiro atoms. The minimum Gasteiger partial charge on any atom is -0.492 e. The summed E-state index contributed by atoms with van der Waals surface area (Å²) in [6.45, 7) is 4.02. The van der Waals surface area contributed by atoms with Crippen LogP contribution in [0.2, 0.25) is 0 Å². The fourth-order valence-corrected chi connectivity index (χ4v) is 2.45. The van der Waals surface area contributed by atoms with Gasteiger partial charge in [0.25, 0.3) is 11.8 Å². The molecule has 0 aromatic heterocycles. The SMILES string of the molecule is CCOc1ccccc1NC(=O)c1cccc2c1OC(C)C(=O)N2. The van der Waals surface area contributed by atoms with Crippen molar-refractivity contribution in [3.8, 4) is 11.5 Å². The number of para-hydroxylation sites is 3. The van der Waals surface area contributed by atoms with Gasteiger partial charge in [-0.2, -0.15) is 0 Å². The molecule has 3 rings (SSSR count). The van der Waals surface area contributed by atoms with Crippen LogP contribution < -0.4 is 20.1 Å². The smallest absolute Gasteiger partial charge is 0.265 e. The molecule has 1 unspecified atom stereocenters. The van der Waals surface area contributed by atoms with E-state index < -0.39 is 6.10 Å². The Labute approximate surface area is 139 Å². The van der Waals surface area contributed by atoms with Crippen LogP contribution in [0.5, 0.6) is 11.5 Å². The summed E-state index contributed by atoms with van der Waals surface area (Å²) in [7, 11) is 0. The third-order valence-electron chi connectivity index (χ3n) is 3.62. The lowest BCUT2D eigenvalue weighted by Crippen LogP contribution is -2.35. The first-order valence-electron chi connectivity index (χ1n) is 7.74. The number of nitrogens with one attached hydrogen (secondary N) is 2. The number of hydrogen-bond acceptors (Lipinski definition) is 4. The van der Waals surface area contributed by atoms with Gasteiger partial charge in [-0.25, -0.2) is 0 Å². The Morgan fingerprint density at radius 2 is 2.04 bits per heavy atom. The lowest BCUT2D eigenvalue weighted by molar-refractivity contribution is -0.122. The van der Waals surface area contributed by atoms with Crippen LogP contribution >= 0.6 is 0 Å². The van der Waals surface area contributed by atoms with Crippen molar-refractivity contribution < 1.29 is 19.1 Å². The molecule has 2 aromatic carbocycles. The molecule has 2 amide bonds. The summed E-state index contributed by atoms with van der Waals surface area (Å²) in [5.41, 5.74) is 1.42. The monoisotopic (exact) mass is 326 g/mol. The molecule has 0 aliphatic carbocycles. The first-order chi connectivity index (χ1) is 11.6. The van der Waals surface area contributed by atoms with Crippen LogP contribution in [0.1, 0.15) is 24.2 Å². The number of carbonyl (C=O) groups excluding carboxylic acids is 2. The van der Waals surface area contributed by atoms with Crippen molar-refractivity contribution in [1.82, 2.24) is 0 Å². The fraction of sp³-hybridized carbons (Fsp3) is 0.222. The summed E-state index contributed by atoms with van der Waals surface area (Å²) >= 11 is 0. The van der Waals surface area contributed by atoms with Crippen LogP contribution in [0, 0.1) is 0 Å². The highest BCUT2D eigenvalue weighted by molar-refractivity contribution is 6.09. The maximum atomic E-state index is 12.7. The first kappa shape index (κ1) is 15.9. The van der Waals surface area contributed by atoms with E-state index >= 15 is 0 Å². The molecule has 1 aliphatic heterocycles. The van der Waals surface area contributed by atoms with Gasteiger partial charge in [0.15, 0.2) is 11.9 Å². The van der Waals surface area contributed by atoms with E-state index in [0.29, 0.717) is 35.0 Å². The van der Waals surface area contributed by atoms with E-state index in [-0.39, 0.29) is 11.8 Å². The molecule has 1 heterocycles. The highest BCUT2D eigenvalue weighted by atomic mass is 16.5. The summed E-state index contributed by atoms with van der Waals surface area (Å²) < 4.78 is 11.1. The largest absolute Gasteiger partial charge is 0.492 e. The van der Waals surface area contributed by atoms with Gasteiger partial charge in [-0.05, 0) is 38.1 Å². The van der Waals surface area contributed by atoms with Gasteiger partial charge < -0.3 is 20.1 Å². The Morgan fingerprint density at radius 3 is 2.83 bits per heavy atom. The molecule has 1 atom stereocenters. The topological polar surface area (TPSA) is 76.7 Å². The van der Waals surface area contributed by atoms with Crippen molar-refractivity contribution in [1.29, 1.82) is 0 Å². The summed E-state index contributed by atoms with van der Waals surface area (Å²) in [6, 6.07) is 12.3. The Balaban J connectivity index is 1.90. The molecule has 6 heteroatoms. The predicted octanol–water partition coefficient (Wildman–Crippen LogP) is 3.06. The minimum absolute atomic E-state index is 0.234. The molecule has 2 aromatic rings. The number of benzene rings is 2. The molecule has 6 nitrogen and oxygen atoms in total. The quantitative estimate of drug-likeness (QED) is 0.905. The second kappa shape index (κ2) is 6.62. The Hall–Kier alpha value is -3.02. The van der Waals surface area contributed by atoms with E-state index in [4.69, 9.17) is 9.47 Å². The lowest BCUT2D eigenvalue weighted by Gasteiger charge is -2.25. The zero-order valence-corrected chi connectivity index (χ0v) is 13.5. The number of rotatable bonds is 4. The van der Waals surface area contributed by atoms with Crippen molar-refractivity contribution in [3.63, 3.8) is 0 Å². The number of amides is 2. The van der Waals surface area contributed by atoms with E-state index in [0.717, 1.165) is 0 Å². The lowest BCUT2D eigenvalue weighted by atomic mass is 10.1. The third kappa shape index (κ3) is 3.03. The van der Waals surface area contributed by atoms with Crippen LogP contribution in [0.25, 0.3) is 0 Å². The molecule has 0 fully saturated rings. The van der Waals surface area contributed by atoms with Crippen LogP contribution in [0.4, 0.5) is 11.4 Å². The van der Waals surface area contributed by atoms with E-state index in [2.05, 4.69) is 10.6 Å². The molecular weight excluding hydrogens is 308 g/mol. The summed E-state index contributed by atoms with van der Waals surface area (Å²) in [6.07, 6.45) is -0.651. The van der Waals surface area contributed by atoms with E-state index in [9.17, 15) is 9.59 Å². The fourth-order valence-electron chi connectivity index (χ4n) is 2.45. The van der Waals surface area contributed by atoms with Crippen LogP contribution in [-0.4, -0.2) is 24.5 Å². The Bertz CT molecular complexity index is 788. The highest BCUT2D eigenvalue weighted by Gasteiger charge is 2.27. The first-order valence-corrected chi connectivity index (χ1v) is 7.74. The van der Waals surface area contributed by atoms with Crippen molar-refractivity contribution in [2.24, 2.45) is 0 Å². The van der Waals surface area contributed by atoms with E-state index in [1.54, 1.807) is 37.3 Å². The number of hydrogen-bond donors (Lipinski definition) is 2. The number of fused-ring (bicyclic) bond motifs is 1. The molecule has 2 N–H and O–H groups in total. The van der Waals surface area contributed by atoms with Gasteiger partial charge in [-0.3, -0.25) is 9.59 Å². The van der Waals surface area contributed by atoms with Crippen molar-refractivity contribution >= 4 is 23.2 Å². The number of anilines is 2. The van der Waals surface area contributed by atoms with Gasteiger partial charge in [0.2, 0.25) is 0 Å². The summed E-state index contributed by atoms with van der Waals surface area (Å²) in [4.78, 5) is 24.4. The summed E-state index contributed by atoms with van der Waals surface area (Å²) in [5, 5.41) is 5.56. The Kier molecular flexibility index (Phi) is 4.37. The molecule has 0 bridgehead atoms. The van der Waals surface area contributed by atoms with Gasteiger partial charge in [0, 0.05) is 0 Å². The number of carbonyl (C=O) groups is 2. The average Bonchev–Trinajstić information content (AvgIpc) is 2.57. The molecule has 24 heavy (non-hydrogen) atoms. The minimum atomic E-state index is -0.651. The third-order valence-corrected chi connectivity index (χ3v) is 3.62. The zero-order valence-electron chi connectivity index (χ0n) is 13.5. The standard InChI is InChI=1S/C18H18N2O4/c1-3-23-15-10-5-4-8-13(15)19-18(22)12-7-6-9-14-16(12)24-11(2)17(21)20-14/h4-11H,3H2,1-2H3,(H,19,22)(H,20,21). The van der Waals surface area contributed by atoms with Gasteiger partial charge in [-0.15, -0.1) is 0 Å². The summed E-state index contributed by atoms with van der Waals surface area (Å²) in [5.74, 6) is 0.404. The van der Waals surface area contributed by atoms with Crippen LogP contribution in [0.3, 0.4) is 0 Å². The molecule has 0 saturated heterocycles. The van der Waals surface area contributed by atoms with Gasteiger partial charge >= 0.3 is 0 Å². The average molecular weight is 326 g/mol. The van der Waals surface area contributed by atoms with Crippen LogP contribution in [-0.2, 0) is 4.79 Å². The molecule has 0 saturated carbocycles. The zero-order chi connectivity index (χ0) is 17.1. The normalized spacial score (nSPS) is 15.8. The second-order valence-electron chi connectivity index (χ2n) is 5.31. The van der Waals surface area contributed by atoms with Crippen LogP contribution in [0.15, 0.2) is 42.5 Å². The van der Waals surface area contributed by atoms with Gasteiger partial charge in [0.1, 0.15) is 5.75 Å². The maximum Gasteiger partial charge on any atom is 0.265 e. The van der Waals surface area contributed by atoms with Gasteiger partial charge in [-0.1, -0.05) is 18.2 Å². The molecule has 124 valence electrons. The molecular formula is C18H18N2O4. The highest BCUT2D eigenvalue weighted by Crippen LogP contribution is 2.34. The van der Waals surface area contributed by atoms with Crippen molar-refractivity contribution in [2.45, 2.75) is 20.0 Å². The van der Waals surface area contributed by atoms with Crippen molar-refractivity contribution in [3.05, 3.63) is 48.0 Å². The Morgan fingerprint density at radius 1 is 1.25 bits per heavy atom. The van der Waals surface area contributed by atoms with E-state index in [1.807, 2.05) is 19.1 Å². The molecule has 0 radical (unpaired) electrons. The maximum absolute atomic E-state index is 12.7. The van der Waals surface area contributed by atoms with Crippen molar-refractivity contribution in [2.75, 3.05) is 17.2 Å².